The summed E-state index contributed by atoms with van der Waals surface area (Å²) in [4.78, 5) is 0. The minimum atomic E-state index is -0.167. The SMILES string of the molecule is CC(C)O.CNc1cccc(-c2cccc(OC)c2)c1. The first-order valence-electron chi connectivity index (χ1n) is 6.67. The molecule has 2 rings (SSSR count). The highest BCUT2D eigenvalue weighted by Crippen LogP contribution is 2.25. The molecule has 3 nitrogen and oxygen atoms in total. The van der Waals surface area contributed by atoms with Gasteiger partial charge < -0.3 is 15.2 Å². The van der Waals surface area contributed by atoms with Crippen molar-refractivity contribution in [3.63, 3.8) is 0 Å². The molecule has 0 spiro atoms. The van der Waals surface area contributed by atoms with Crippen molar-refractivity contribution in [1.82, 2.24) is 0 Å². The summed E-state index contributed by atoms with van der Waals surface area (Å²) in [6, 6.07) is 16.4. The van der Waals surface area contributed by atoms with Crippen LogP contribution in [0.15, 0.2) is 48.5 Å². The van der Waals surface area contributed by atoms with E-state index in [-0.39, 0.29) is 6.10 Å². The number of methoxy groups -OCH3 is 1. The number of aliphatic hydroxyl groups is 1. The average Bonchev–Trinajstić information content (AvgIpc) is 2.47. The van der Waals surface area contributed by atoms with E-state index in [1.54, 1.807) is 21.0 Å². The minimum Gasteiger partial charge on any atom is -0.497 e. The molecule has 2 aromatic carbocycles. The standard InChI is InChI=1S/C14H15NO.C3H8O/c1-15-13-7-3-5-11(9-13)12-6-4-8-14(10-12)16-2;1-3(2)4/h3-10,15H,1-2H3;3-4H,1-2H3. The number of hydrogen-bond acceptors (Lipinski definition) is 3. The zero-order valence-electron chi connectivity index (χ0n) is 12.6. The van der Waals surface area contributed by atoms with Crippen LogP contribution in [0.3, 0.4) is 0 Å². The number of nitrogens with one attached hydrogen (secondary N) is 1. The Morgan fingerprint density at radius 2 is 1.55 bits per heavy atom. The van der Waals surface area contributed by atoms with E-state index < -0.39 is 0 Å². The zero-order valence-corrected chi connectivity index (χ0v) is 12.6. The van der Waals surface area contributed by atoms with E-state index in [9.17, 15) is 0 Å². The lowest BCUT2D eigenvalue weighted by Crippen LogP contribution is -1.88. The molecule has 20 heavy (non-hydrogen) atoms. The van der Waals surface area contributed by atoms with Crippen LogP contribution in [0.25, 0.3) is 11.1 Å². The van der Waals surface area contributed by atoms with Crippen molar-refractivity contribution in [2.45, 2.75) is 20.0 Å². The first-order valence-corrected chi connectivity index (χ1v) is 6.67. The molecule has 0 aliphatic rings. The third kappa shape index (κ3) is 5.33. The third-order valence-electron chi connectivity index (χ3n) is 2.55. The van der Waals surface area contributed by atoms with Gasteiger partial charge in [-0.3, -0.25) is 0 Å². The molecule has 0 aliphatic heterocycles. The minimum absolute atomic E-state index is 0.167. The molecule has 0 unspecified atom stereocenters. The van der Waals surface area contributed by atoms with E-state index in [1.165, 1.54) is 5.56 Å². The number of benzene rings is 2. The van der Waals surface area contributed by atoms with Gasteiger partial charge in [-0.1, -0.05) is 24.3 Å². The van der Waals surface area contributed by atoms with Crippen LogP contribution in [0, 0.1) is 0 Å². The van der Waals surface area contributed by atoms with E-state index in [2.05, 4.69) is 23.5 Å². The topological polar surface area (TPSA) is 41.5 Å². The second kappa shape index (κ2) is 8.23. The van der Waals surface area contributed by atoms with Crippen molar-refractivity contribution >= 4 is 5.69 Å². The van der Waals surface area contributed by atoms with E-state index >= 15 is 0 Å². The van der Waals surface area contributed by atoms with Gasteiger partial charge in [-0.05, 0) is 49.2 Å². The predicted octanol–water partition coefficient (Wildman–Crippen LogP) is 3.79. The van der Waals surface area contributed by atoms with Crippen molar-refractivity contribution in [3.8, 4) is 16.9 Å². The van der Waals surface area contributed by atoms with Crippen LogP contribution < -0.4 is 10.1 Å². The monoisotopic (exact) mass is 273 g/mol. The van der Waals surface area contributed by atoms with Gasteiger partial charge in [0.15, 0.2) is 0 Å². The molecule has 0 aromatic heterocycles. The molecule has 0 bridgehead atoms. The second-order valence-electron chi connectivity index (χ2n) is 4.66. The number of rotatable bonds is 3. The van der Waals surface area contributed by atoms with Crippen molar-refractivity contribution in [2.75, 3.05) is 19.5 Å². The van der Waals surface area contributed by atoms with Gasteiger partial charge in [-0.2, -0.15) is 0 Å². The summed E-state index contributed by atoms with van der Waals surface area (Å²) in [6.45, 7) is 3.44. The molecule has 2 aromatic rings. The van der Waals surface area contributed by atoms with Crippen LogP contribution >= 0.6 is 0 Å². The van der Waals surface area contributed by atoms with Gasteiger partial charge in [0.05, 0.1) is 7.11 Å². The van der Waals surface area contributed by atoms with E-state index in [0.29, 0.717) is 0 Å². The Morgan fingerprint density at radius 3 is 2.10 bits per heavy atom. The molecule has 0 saturated carbocycles. The Balaban J connectivity index is 0.000000444. The number of aliphatic hydroxyl groups excluding tert-OH is 1. The number of anilines is 1. The van der Waals surface area contributed by atoms with Gasteiger partial charge in [0.2, 0.25) is 0 Å². The normalized spacial score (nSPS) is 9.70. The highest BCUT2D eigenvalue weighted by atomic mass is 16.5. The summed E-state index contributed by atoms with van der Waals surface area (Å²) in [5.41, 5.74) is 3.46. The summed E-state index contributed by atoms with van der Waals surface area (Å²) in [6.07, 6.45) is -0.167. The van der Waals surface area contributed by atoms with Gasteiger partial charge in [-0.25, -0.2) is 0 Å². The molecule has 0 aliphatic carbocycles. The van der Waals surface area contributed by atoms with E-state index in [1.807, 2.05) is 37.4 Å². The Bertz CT molecular complexity index is 476. The lowest BCUT2D eigenvalue weighted by Gasteiger charge is -2.06. The Hall–Kier alpha value is -2.00. The number of ether oxygens (including phenoxy) is 1. The first kappa shape index (κ1) is 16.1. The fraction of sp³-hybridized carbons (Fsp3) is 0.294. The maximum Gasteiger partial charge on any atom is 0.119 e. The Kier molecular flexibility index (Phi) is 6.60. The lowest BCUT2D eigenvalue weighted by molar-refractivity contribution is 0.216. The Labute approximate surface area is 121 Å². The van der Waals surface area contributed by atoms with Gasteiger partial charge in [0.1, 0.15) is 5.75 Å². The molecule has 3 heteroatoms. The molecule has 0 atom stereocenters. The van der Waals surface area contributed by atoms with Crippen molar-refractivity contribution in [1.29, 1.82) is 0 Å². The van der Waals surface area contributed by atoms with Gasteiger partial charge in [0, 0.05) is 18.8 Å². The fourth-order valence-corrected chi connectivity index (χ4v) is 1.66. The van der Waals surface area contributed by atoms with Crippen molar-refractivity contribution in [2.24, 2.45) is 0 Å². The highest BCUT2D eigenvalue weighted by molar-refractivity contribution is 5.69. The fourth-order valence-electron chi connectivity index (χ4n) is 1.66. The molecular formula is C17H23NO2. The van der Waals surface area contributed by atoms with E-state index in [0.717, 1.165) is 17.0 Å². The molecule has 0 radical (unpaired) electrons. The molecule has 0 saturated heterocycles. The molecule has 0 fully saturated rings. The van der Waals surface area contributed by atoms with Crippen molar-refractivity contribution in [3.05, 3.63) is 48.5 Å². The van der Waals surface area contributed by atoms with Crippen LogP contribution in [-0.2, 0) is 0 Å². The molecular weight excluding hydrogens is 250 g/mol. The van der Waals surface area contributed by atoms with Crippen LogP contribution in [0.2, 0.25) is 0 Å². The maximum atomic E-state index is 8.06. The second-order valence-corrected chi connectivity index (χ2v) is 4.66. The van der Waals surface area contributed by atoms with Crippen LogP contribution in [0.4, 0.5) is 5.69 Å². The third-order valence-corrected chi connectivity index (χ3v) is 2.55. The molecule has 0 heterocycles. The molecule has 108 valence electrons. The summed E-state index contributed by atoms with van der Waals surface area (Å²) < 4.78 is 5.22. The van der Waals surface area contributed by atoms with E-state index in [4.69, 9.17) is 9.84 Å². The predicted molar refractivity (Wildman–Crippen MR) is 85.3 cm³/mol. The maximum absolute atomic E-state index is 8.06. The largest absolute Gasteiger partial charge is 0.497 e. The summed E-state index contributed by atoms with van der Waals surface area (Å²) in [7, 11) is 3.60. The lowest BCUT2D eigenvalue weighted by atomic mass is 10.0. The zero-order chi connectivity index (χ0) is 15.0. The molecule has 2 N–H and O–H groups in total. The quantitative estimate of drug-likeness (QED) is 0.894. The van der Waals surface area contributed by atoms with Gasteiger partial charge in [0.25, 0.3) is 0 Å². The smallest absolute Gasteiger partial charge is 0.119 e. The summed E-state index contributed by atoms with van der Waals surface area (Å²) in [5, 5.41) is 11.2. The Morgan fingerprint density at radius 1 is 1.00 bits per heavy atom. The summed E-state index contributed by atoms with van der Waals surface area (Å²) >= 11 is 0. The van der Waals surface area contributed by atoms with Crippen LogP contribution in [-0.4, -0.2) is 25.4 Å². The van der Waals surface area contributed by atoms with Crippen LogP contribution in [0.5, 0.6) is 5.75 Å². The van der Waals surface area contributed by atoms with Gasteiger partial charge in [-0.15, -0.1) is 0 Å². The van der Waals surface area contributed by atoms with Crippen molar-refractivity contribution < 1.29 is 9.84 Å². The summed E-state index contributed by atoms with van der Waals surface area (Å²) in [5.74, 6) is 0.882. The average molecular weight is 273 g/mol. The molecule has 0 amide bonds. The highest BCUT2D eigenvalue weighted by Gasteiger charge is 1.99. The van der Waals surface area contributed by atoms with Crippen LogP contribution in [0.1, 0.15) is 13.8 Å². The number of hydrogen-bond donors (Lipinski definition) is 2. The first-order chi connectivity index (χ1) is 9.56. The van der Waals surface area contributed by atoms with Gasteiger partial charge >= 0.3 is 0 Å².